The highest BCUT2D eigenvalue weighted by atomic mass is 16.2. The Bertz CT molecular complexity index is 205. The molecule has 1 amide bonds. The topological polar surface area (TPSA) is 46.3 Å². The molecule has 1 saturated heterocycles. The van der Waals surface area contributed by atoms with Gasteiger partial charge in [-0.3, -0.25) is 4.79 Å². The van der Waals surface area contributed by atoms with Crippen LogP contribution in [0.3, 0.4) is 0 Å². The van der Waals surface area contributed by atoms with Crippen LogP contribution in [0.15, 0.2) is 12.7 Å². The second-order valence-corrected chi connectivity index (χ2v) is 4.23. The van der Waals surface area contributed by atoms with Crippen molar-refractivity contribution in [2.75, 3.05) is 13.1 Å². The van der Waals surface area contributed by atoms with Crippen LogP contribution in [0.5, 0.6) is 0 Å². The van der Waals surface area contributed by atoms with Crippen LogP contribution in [0.1, 0.15) is 26.2 Å². The third-order valence-electron chi connectivity index (χ3n) is 2.61. The molecule has 0 spiro atoms. The Labute approximate surface area is 86.0 Å². The van der Waals surface area contributed by atoms with Crippen molar-refractivity contribution in [3.05, 3.63) is 12.7 Å². The number of likely N-dealkylation sites (tertiary alicyclic amines) is 1. The van der Waals surface area contributed by atoms with Crippen molar-refractivity contribution in [2.45, 2.75) is 32.2 Å². The molecule has 1 aliphatic heterocycles. The quantitative estimate of drug-likeness (QED) is 0.688. The van der Waals surface area contributed by atoms with E-state index in [1.165, 1.54) is 0 Å². The number of nitrogens with two attached hydrogens (primary N) is 1. The minimum atomic E-state index is 0.159. The summed E-state index contributed by atoms with van der Waals surface area (Å²) in [4.78, 5) is 13.6. The Kier molecular flexibility index (Phi) is 4.14. The Hall–Kier alpha value is -0.830. The van der Waals surface area contributed by atoms with E-state index in [1.807, 2.05) is 4.90 Å². The molecule has 0 bridgehead atoms. The molecule has 1 fully saturated rings. The number of piperidine rings is 1. The molecule has 0 radical (unpaired) electrons. The van der Waals surface area contributed by atoms with Gasteiger partial charge in [0.25, 0.3) is 0 Å². The van der Waals surface area contributed by atoms with E-state index in [1.54, 1.807) is 6.08 Å². The number of allylic oxidation sites excluding steroid dienone is 1. The van der Waals surface area contributed by atoms with Gasteiger partial charge in [0.15, 0.2) is 0 Å². The maximum Gasteiger partial charge on any atom is 0.222 e. The second-order valence-electron chi connectivity index (χ2n) is 4.23. The van der Waals surface area contributed by atoms with Gasteiger partial charge in [0.1, 0.15) is 0 Å². The molecule has 2 N–H and O–H groups in total. The fraction of sp³-hybridized carbons (Fsp3) is 0.727. The predicted octanol–water partition coefficient (Wildman–Crippen LogP) is 1.15. The largest absolute Gasteiger partial charge is 0.341 e. The van der Waals surface area contributed by atoms with E-state index in [0.717, 1.165) is 25.9 Å². The first-order chi connectivity index (χ1) is 6.63. The molecular weight excluding hydrogens is 176 g/mol. The van der Waals surface area contributed by atoms with Crippen molar-refractivity contribution in [1.82, 2.24) is 4.90 Å². The Balaban J connectivity index is 2.42. The highest BCUT2D eigenvalue weighted by Gasteiger charge is 2.24. The van der Waals surface area contributed by atoms with Gasteiger partial charge in [0.2, 0.25) is 5.91 Å². The van der Waals surface area contributed by atoms with Gasteiger partial charge in [-0.1, -0.05) is 13.0 Å². The summed E-state index contributed by atoms with van der Waals surface area (Å²) in [6.07, 6.45) is 4.15. The fourth-order valence-electron chi connectivity index (χ4n) is 1.99. The third kappa shape index (κ3) is 3.14. The van der Waals surface area contributed by atoms with Gasteiger partial charge >= 0.3 is 0 Å². The molecule has 2 unspecified atom stereocenters. The zero-order chi connectivity index (χ0) is 10.6. The molecule has 1 heterocycles. The van der Waals surface area contributed by atoms with Crippen LogP contribution >= 0.6 is 0 Å². The average molecular weight is 196 g/mol. The first-order valence-corrected chi connectivity index (χ1v) is 5.27. The van der Waals surface area contributed by atoms with Crippen LogP contribution < -0.4 is 5.73 Å². The molecule has 0 saturated carbocycles. The normalized spacial score (nSPS) is 27.4. The van der Waals surface area contributed by atoms with Gasteiger partial charge in [0.05, 0.1) is 0 Å². The van der Waals surface area contributed by atoms with Gasteiger partial charge in [-0.15, -0.1) is 6.58 Å². The SMILES string of the molecule is C=CCCC(=O)N1CC(C)CC(N)C1. The zero-order valence-electron chi connectivity index (χ0n) is 8.91. The molecule has 80 valence electrons. The van der Waals surface area contributed by atoms with E-state index >= 15 is 0 Å². The number of nitrogens with zero attached hydrogens (tertiary/aromatic N) is 1. The lowest BCUT2D eigenvalue weighted by atomic mass is 9.96. The molecule has 3 heteroatoms. The van der Waals surface area contributed by atoms with E-state index < -0.39 is 0 Å². The van der Waals surface area contributed by atoms with Crippen LogP contribution in [0.25, 0.3) is 0 Å². The predicted molar refractivity (Wildman–Crippen MR) is 57.8 cm³/mol. The first kappa shape index (κ1) is 11.2. The Morgan fingerprint density at radius 3 is 2.93 bits per heavy atom. The fourth-order valence-corrected chi connectivity index (χ4v) is 1.99. The maximum absolute atomic E-state index is 11.7. The van der Waals surface area contributed by atoms with Gasteiger partial charge < -0.3 is 10.6 Å². The molecule has 3 nitrogen and oxygen atoms in total. The molecule has 0 aromatic rings. The highest BCUT2D eigenvalue weighted by molar-refractivity contribution is 5.76. The number of carbonyl (C=O) groups is 1. The van der Waals surface area contributed by atoms with E-state index in [0.29, 0.717) is 12.3 Å². The number of hydrogen-bond acceptors (Lipinski definition) is 2. The van der Waals surface area contributed by atoms with Crippen LogP contribution in [-0.4, -0.2) is 29.9 Å². The Morgan fingerprint density at radius 1 is 1.64 bits per heavy atom. The van der Waals surface area contributed by atoms with Gasteiger partial charge in [-0.05, 0) is 18.8 Å². The smallest absolute Gasteiger partial charge is 0.222 e. The van der Waals surface area contributed by atoms with Gasteiger partial charge in [0, 0.05) is 25.6 Å². The second kappa shape index (κ2) is 5.15. The van der Waals surface area contributed by atoms with Crippen LogP contribution in [0, 0.1) is 5.92 Å². The van der Waals surface area contributed by atoms with Gasteiger partial charge in [-0.25, -0.2) is 0 Å². The molecule has 0 aromatic carbocycles. The third-order valence-corrected chi connectivity index (χ3v) is 2.61. The molecular formula is C11H20N2O. The number of amides is 1. The van der Waals surface area contributed by atoms with E-state index in [2.05, 4.69) is 13.5 Å². The molecule has 0 aromatic heterocycles. The van der Waals surface area contributed by atoms with E-state index in [-0.39, 0.29) is 11.9 Å². The number of hydrogen-bond donors (Lipinski definition) is 1. The lowest BCUT2D eigenvalue weighted by molar-refractivity contribution is -0.133. The average Bonchev–Trinajstić information content (AvgIpc) is 2.12. The molecule has 2 atom stereocenters. The summed E-state index contributed by atoms with van der Waals surface area (Å²) in [6.45, 7) is 7.35. The Morgan fingerprint density at radius 2 is 2.36 bits per heavy atom. The van der Waals surface area contributed by atoms with Crippen molar-refractivity contribution in [3.8, 4) is 0 Å². The summed E-state index contributed by atoms with van der Waals surface area (Å²) < 4.78 is 0. The molecule has 1 rings (SSSR count). The van der Waals surface area contributed by atoms with Crippen molar-refractivity contribution in [1.29, 1.82) is 0 Å². The number of carbonyl (C=O) groups excluding carboxylic acids is 1. The lowest BCUT2D eigenvalue weighted by Crippen LogP contribution is -2.48. The van der Waals surface area contributed by atoms with Crippen molar-refractivity contribution in [3.63, 3.8) is 0 Å². The van der Waals surface area contributed by atoms with Crippen molar-refractivity contribution in [2.24, 2.45) is 11.7 Å². The minimum absolute atomic E-state index is 0.159. The molecule has 0 aliphatic carbocycles. The van der Waals surface area contributed by atoms with Crippen LogP contribution in [0.4, 0.5) is 0 Å². The maximum atomic E-state index is 11.7. The highest BCUT2D eigenvalue weighted by Crippen LogP contribution is 2.16. The lowest BCUT2D eigenvalue weighted by Gasteiger charge is -2.34. The van der Waals surface area contributed by atoms with Gasteiger partial charge in [-0.2, -0.15) is 0 Å². The summed E-state index contributed by atoms with van der Waals surface area (Å²) in [6, 6.07) is 0.159. The summed E-state index contributed by atoms with van der Waals surface area (Å²) in [5.74, 6) is 0.748. The summed E-state index contributed by atoms with van der Waals surface area (Å²) in [5, 5.41) is 0. The van der Waals surface area contributed by atoms with Crippen molar-refractivity contribution >= 4 is 5.91 Å². The van der Waals surface area contributed by atoms with Crippen LogP contribution in [0.2, 0.25) is 0 Å². The summed E-state index contributed by atoms with van der Waals surface area (Å²) in [7, 11) is 0. The van der Waals surface area contributed by atoms with Crippen molar-refractivity contribution < 1.29 is 4.79 Å². The monoisotopic (exact) mass is 196 g/mol. The first-order valence-electron chi connectivity index (χ1n) is 5.27. The standard InChI is InChI=1S/C11H20N2O/c1-3-4-5-11(14)13-7-9(2)6-10(12)8-13/h3,9-10H,1,4-8,12H2,2H3. The van der Waals surface area contributed by atoms with E-state index in [9.17, 15) is 4.79 Å². The molecule has 1 aliphatic rings. The molecule has 14 heavy (non-hydrogen) atoms. The minimum Gasteiger partial charge on any atom is -0.341 e. The number of rotatable bonds is 3. The van der Waals surface area contributed by atoms with E-state index in [4.69, 9.17) is 5.73 Å². The zero-order valence-corrected chi connectivity index (χ0v) is 8.91. The van der Waals surface area contributed by atoms with Crippen LogP contribution in [-0.2, 0) is 4.79 Å². The summed E-state index contributed by atoms with van der Waals surface area (Å²) >= 11 is 0. The summed E-state index contributed by atoms with van der Waals surface area (Å²) in [5.41, 5.74) is 5.87.